The van der Waals surface area contributed by atoms with Crippen molar-refractivity contribution in [2.45, 2.75) is 38.0 Å². The molecule has 19 heavy (non-hydrogen) atoms. The molecule has 0 N–H and O–H groups in total. The molecule has 0 aliphatic heterocycles. The van der Waals surface area contributed by atoms with Crippen LogP contribution in [0.25, 0.3) is 0 Å². The van der Waals surface area contributed by atoms with Crippen LogP contribution in [0.4, 0.5) is 0 Å². The van der Waals surface area contributed by atoms with Crippen molar-refractivity contribution < 1.29 is 8.42 Å². The Bertz CT molecular complexity index is 546. The summed E-state index contributed by atoms with van der Waals surface area (Å²) in [5, 5.41) is 0. The van der Waals surface area contributed by atoms with Gasteiger partial charge in [-0.15, -0.1) is 11.6 Å². The van der Waals surface area contributed by atoms with Gasteiger partial charge in [-0.3, -0.25) is 0 Å². The number of halogens is 2. The Morgan fingerprint density at radius 1 is 1.32 bits per heavy atom. The molecule has 0 fully saturated rings. The van der Waals surface area contributed by atoms with Crippen LogP contribution in [0.3, 0.4) is 0 Å². The van der Waals surface area contributed by atoms with Gasteiger partial charge in [-0.1, -0.05) is 29.8 Å². The Hall–Kier alpha value is -0.100. The molecule has 6 heteroatoms. The lowest BCUT2D eigenvalue weighted by Crippen LogP contribution is -2.32. The van der Waals surface area contributed by atoms with E-state index >= 15 is 0 Å². The molecule has 0 radical (unpaired) electrons. The molecule has 3 nitrogen and oxygen atoms in total. The minimum absolute atomic E-state index is 0.293. The summed E-state index contributed by atoms with van der Waals surface area (Å²) in [7, 11) is -3.45. The number of nitrogens with zero attached hydrogens (tertiary/aromatic N) is 1. The number of alkyl halides is 1. The van der Waals surface area contributed by atoms with Crippen molar-refractivity contribution in [3.05, 3.63) is 27.7 Å². The molecular formula is C13H19BrClNO2S. The summed E-state index contributed by atoms with van der Waals surface area (Å²) in [6.45, 7) is 6.62. The van der Waals surface area contributed by atoms with Crippen molar-refractivity contribution in [3.63, 3.8) is 0 Å². The van der Waals surface area contributed by atoms with E-state index in [4.69, 9.17) is 11.6 Å². The molecule has 108 valence electrons. The fraction of sp³-hybridized carbons (Fsp3) is 0.538. The summed E-state index contributed by atoms with van der Waals surface area (Å²) in [4.78, 5) is 0.341. The zero-order valence-electron chi connectivity index (χ0n) is 11.4. The molecule has 1 aromatic carbocycles. The maximum atomic E-state index is 12.7. The first kappa shape index (κ1) is 17.0. The Morgan fingerprint density at radius 2 is 1.95 bits per heavy atom. The molecule has 0 spiro atoms. The Kier molecular flexibility index (Phi) is 6.30. The van der Waals surface area contributed by atoms with Crippen LogP contribution in [0.5, 0.6) is 0 Å². The highest BCUT2D eigenvalue weighted by molar-refractivity contribution is 9.10. The second-order valence-electron chi connectivity index (χ2n) is 4.33. The van der Waals surface area contributed by atoms with Gasteiger partial charge in [0.15, 0.2) is 0 Å². The quantitative estimate of drug-likeness (QED) is 0.714. The van der Waals surface area contributed by atoms with Crippen molar-refractivity contribution in [2.75, 3.05) is 13.1 Å². The van der Waals surface area contributed by atoms with E-state index in [0.717, 1.165) is 22.0 Å². The number of sulfonamides is 1. The minimum Gasteiger partial charge on any atom is -0.207 e. The average molecular weight is 369 g/mol. The molecule has 0 unspecified atom stereocenters. The topological polar surface area (TPSA) is 37.4 Å². The van der Waals surface area contributed by atoms with Gasteiger partial charge in [0.1, 0.15) is 0 Å². The highest BCUT2D eigenvalue weighted by atomic mass is 79.9. The van der Waals surface area contributed by atoms with Gasteiger partial charge in [-0.2, -0.15) is 4.31 Å². The molecule has 0 heterocycles. The van der Waals surface area contributed by atoms with E-state index in [9.17, 15) is 8.42 Å². The van der Waals surface area contributed by atoms with Gasteiger partial charge >= 0.3 is 0 Å². The first-order valence-electron chi connectivity index (χ1n) is 6.23. The molecule has 0 amide bonds. The first-order chi connectivity index (χ1) is 8.88. The van der Waals surface area contributed by atoms with Crippen LogP contribution in [0.2, 0.25) is 0 Å². The van der Waals surface area contributed by atoms with Gasteiger partial charge in [0.05, 0.1) is 4.90 Å². The normalized spacial score (nSPS) is 12.1. The molecule has 0 bridgehead atoms. The Labute approximate surface area is 129 Å². The summed E-state index contributed by atoms with van der Waals surface area (Å²) in [6.07, 6.45) is 0.794. The van der Waals surface area contributed by atoms with E-state index < -0.39 is 10.0 Å². The van der Waals surface area contributed by atoms with Crippen LogP contribution in [-0.2, 0) is 15.9 Å². The second-order valence-corrected chi connectivity index (χ2v) is 7.36. The fourth-order valence-corrected chi connectivity index (χ4v) is 4.52. The van der Waals surface area contributed by atoms with Gasteiger partial charge in [0.25, 0.3) is 0 Å². The average Bonchev–Trinajstić information content (AvgIpc) is 2.38. The Morgan fingerprint density at radius 3 is 2.42 bits per heavy atom. The largest absolute Gasteiger partial charge is 0.243 e. The number of benzene rings is 1. The molecule has 0 saturated heterocycles. The summed E-state index contributed by atoms with van der Waals surface area (Å²) < 4.78 is 27.6. The number of hydrogen-bond acceptors (Lipinski definition) is 2. The lowest BCUT2D eigenvalue weighted by molar-refractivity contribution is 0.426. The Balaban J connectivity index is 3.38. The van der Waals surface area contributed by atoms with Crippen LogP contribution < -0.4 is 0 Å². The maximum absolute atomic E-state index is 12.7. The first-order valence-corrected chi connectivity index (χ1v) is 9.00. The SMILES string of the molecule is CCCN(CC)S(=O)(=O)c1cc(CCl)cc(Br)c1C. The van der Waals surface area contributed by atoms with E-state index in [1.807, 2.05) is 19.9 Å². The standard InChI is InChI=1S/C13H19BrClNO2S/c1-4-6-16(5-2)19(17,18)13-8-11(9-15)7-12(14)10(13)3/h7-8H,4-6,9H2,1-3H3. The van der Waals surface area contributed by atoms with Crippen LogP contribution >= 0.6 is 27.5 Å². The number of hydrogen-bond donors (Lipinski definition) is 0. The predicted octanol–water partition coefficient (Wildman–Crippen LogP) is 3.92. The molecule has 0 atom stereocenters. The smallest absolute Gasteiger partial charge is 0.207 e. The van der Waals surface area contributed by atoms with E-state index in [1.54, 1.807) is 13.0 Å². The predicted molar refractivity (Wildman–Crippen MR) is 83.2 cm³/mol. The molecular weight excluding hydrogens is 350 g/mol. The van der Waals surface area contributed by atoms with Crippen molar-refractivity contribution in [3.8, 4) is 0 Å². The van der Waals surface area contributed by atoms with Gasteiger partial charge < -0.3 is 0 Å². The maximum Gasteiger partial charge on any atom is 0.243 e. The summed E-state index contributed by atoms with van der Waals surface area (Å²) in [5.74, 6) is 0.293. The highest BCUT2D eigenvalue weighted by Gasteiger charge is 2.25. The number of rotatable bonds is 6. The van der Waals surface area contributed by atoms with Crippen molar-refractivity contribution >= 4 is 37.6 Å². The van der Waals surface area contributed by atoms with Crippen LogP contribution in [0.15, 0.2) is 21.5 Å². The van der Waals surface area contributed by atoms with E-state index in [1.165, 1.54) is 4.31 Å². The molecule has 1 aromatic rings. The van der Waals surface area contributed by atoms with Gasteiger partial charge in [-0.25, -0.2) is 8.42 Å². The van der Waals surface area contributed by atoms with E-state index in [2.05, 4.69) is 15.9 Å². The molecule has 1 rings (SSSR count). The lowest BCUT2D eigenvalue weighted by atomic mass is 10.2. The second kappa shape index (κ2) is 7.07. The molecule has 0 saturated carbocycles. The zero-order chi connectivity index (χ0) is 14.6. The van der Waals surface area contributed by atoms with E-state index in [0.29, 0.717) is 23.9 Å². The molecule has 0 aliphatic rings. The van der Waals surface area contributed by atoms with Crippen LogP contribution in [-0.4, -0.2) is 25.8 Å². The third kappa shape index (κ3) is 3.72. The third-order valence-corrected chi connectivity index (χ3v) is 6.19. The third-order valence-electron chi connectivity index (χ3n) is 2.95. The molecule has 0 aromatic heterocycles. The molecule has 0 aliphatic carbocycles. The lowest BCUT2D eigenvalue weighted by Gasteiger charge is -2.21. The van der Waals surface area contributed by atoms with Gasteiger partial charge in [0, 0.05) is 23.4 Å². The highest BCUT2D eigenvalue weighted by Crippen LogP contribution is 2.28. The van der Waals surface area contributed by atoms with Crippen molar-refractivity contribution in [2.24, 2.45) is 0 Å². The monoisotopic (exact) mass is 367 g/mol. The zero-order valence-corrected chi connectivity index (χ0v) is 14.6. The van der Waals surface area contributed by atoms with Crippen molar-refractivity contribution in [1.29, 1.82) is 0 Å². The van der Waals surface area contributed by atoms with E-state index in [-0.39, 0.29) is 0 Å². The summed E-state index contributed by atoms with van der Waals surface area (Å²) in [5.41, 5.74) is 1.52. The minimum atomic E-state index is -3.45. The van der Waals surface area contributed by atoms with Gasteiger partial charge in [-0.05, 0) is 36.6 Å². The van der Waals surface area contributed by atoms with Gasteiger partial charge in [0.2, 0.25) is 10.0 Å². The van der Waals surface area contributed by atoms with Crippen molar-refractivity contribution in [1.82, 2.24) is 4.31 Å². The summed E-state index contributed by atoms with van der Waals surface area (Å²) in [6, 6.07) is 3.53. The summed E-state index contributed by atoms with van der Waals surface area (Å²) >= 11 is 9.22. The van der Waals surface area contributed by atoms with Crippen LogP contribution in [0.1, 0.15) is 31.4 Å². The van der Waals surface area contributed by atoms with Crippen LogP contribution in [0, 0.1) is 6.92 Å². The fourth-order valence-electron chi connectivity index (χ4n) is 1.89.